The minimum absolute atomic E-state index is 0.0140. The molecule has 1 heterocycles. The second kappa shape index (κ2) is 7.49. The maximum absolute atomic E-state index is 12.8. The fourth-order valence-corrected chi connectivity index (χ4v) is 3.35. The van der Waals surface area contributed by atoms with Crippen LogP contribution in [0.25, 0.3) is 10.6 Å². The van der Waals surface area contributed by atoms with Crippen LogP contribution in [0.3, 0.4) is 0 Å². The summed E-state index contributed by atoms with van der Waals surface area (Å²) in [6.45, 7) is 2.02. The summed E-state index contributed by atoms with van der Waals surface area (Å²) in [5, 5.41) is 2.64. The summed E-state index contributed by atoms with van der Waals surface area (Å²) in [5.74, 6) is 0.723. The molecule has 128 valence electrons. The second-order valence-corrected chi connectivity index (χ2v) is 6.63. The summed E-state index contributed by atoms with van der Waals surface area (Å²) < 4.78 is 5.17. The molecule has 0 aliphatic carbocycles. The monoisotopic (exact) mass is 352 g/mol. The summed E-state index contributed by atoms with van der Waals surface area (Å²) in [6, 6.07) is 17.6. The zero-order chi connectivity index (χ0) is 17.8. The van der Waals surface area contributed by atoms with E-state index in [1.54, 1.807) is 12.0 Å². The van der Waals surface area contributed by atoms with E-state index in [0.29, 0.717) is 5.69 Å². The molecule has 3 aromatic rings. The van der Waals surface area contributed by atoms with Gasteiger partial charge in [0.1, 0.15) is 16.5 Å². The van der Waals surface area contributed by atoms with Gasteiger partial charge in [-0.1, -0.05) is 30.3 Å². The van der Waals surface area contributed by atoms with E-state index in [-0.39, 0.29) is 11.9 Å². The average molecular weight is 352 g/mol. The molecular weight excluding hydrogens is 332 g/mol. The molecule has 0 spiro atoms. The van der Waals surface area contributed by atoms with Crippen molar-refractivity contribution in [3.8, 4) is 16.3 Å². The smallest absolute Gasteiger partial charge is 0.273 e. The highest BCUT2D eigenvalue weighted by Gasteiger charge is 2.21. The summed E-state index contributed by atoms with van der Waals surface area (Å²) in [7, 11) is 3.45. The van der Waals surface area contributed by atoms with Crippen LogP contribution in [0, 0.1) is 0 Å². The summed E-state index contributed by atoms with van der Waals surface area (Å²) in [4.78, 5) is 19.0. The van der Waals surface area contributed by atoms with Gasteiger partial charge in [-0.25, -0.2) is 4.98 Å². The predicted octanol–water partition coefficient (Wildman–Crippen LogP) is 4.65. The molecule has 0 unspecified atom stereocenters. The van der Waals surface area contributed by atoms with Crippen molar-refractivity contribution in [3.05, 3.63) is 71.2 Å². The molecule has 0 fully saturated rings. The number of carbonyl (C=O) groups is 1. The molecule has 25 heavy (non-hydrogen) atoms. The Morgan fingerprint density at radius 1 is 1.12 bits per heavy atom. The van der Waals surface area contributed by atoms with Crippen LogP contribution in [0.15, 0.2) is 60.0 Å². The Balaban J connectivity index is 1.77. The van der Waals surface area contributed by atoms with Gasteiger partial charge in [-0.2, -0.15) is 0 Å². The van der Waals surface area contributed by atoms with E-state index in [0.717, 1.165) is 21.9 Å². The van der Waals surface area contributed by atoms with Crippen LogP contribution < -0.4 is 4.74 Å². The SMILES string of the molecule is COc1ccc(-c2nc(C(=O)N(C)[C@H](C)c3ccccc3)cs2)cc1. The van der Waals surface area contributed by atoms with Gasteiger partial charge < -0.3 is 9.64 Å². The van der Waals surface area contributed by atoms with Crippen LogP contribution in [-0.4, -0.2) is 29.9 Å². The summed E-state index contributed by atoms with van der Waals surface area (Å²) in [5.41, 5.74) is 2.55. The molecular formula is C20H20N2O2S. The molecule has 1 amide bonds. The van der Waals surface area contributed by atoms with Crippen molar-refractivity contribution in [2.24, 2.45) is 0 Å². The number of thiazole rings is 1. The Morgan fingerprint density at radius 3 is 2.44 bits per heavy atom. The number of benzene rings is 2. The number of rotatable bonds is 5. The van der Waals surface area contributed by atoms with Crippen LogP contribution in [-0.2, 0) is 0 Å². The first-order valence-corrected chi connectivity index (χ1v) is 8.90. The number of methoxy groups -OCH3 is 1. The Morgan fingerprint density at radius 2 is 1.80 bits per heavy atom. The Bertz CT molecular complexity index is 844. The molecule has 5 heteroatoms. The van der Waals surface area contributed by atoms with E-state index in [4.69, 9.17) is 4.74 Å². The van der Waals surface area contributed by atoms with E-state index >= 15 is 0 Å². The van der Waals surface area contributed by atoms with E-state index in [2.05, 4.69) is 4.98 Å². The van der Waals surface area contributed by atoms with Gasteiger partial charge in [-0.05, 0) is 36.8 Å². The zero-order valence-corrected chi connectivity index (χ0v) is 15.3. The zero-order valence-electron chi connectivity index (χ0n) is 14.5. The van der Waals surface area contributed by atoms with E-state index in [1.807, 2.05) is 73.9 Å². The number of carbonyl (C=O) groups excluding carboxylic acids is 1. The maximum Gasteiger partial charge on any atom is 0.273 e. The Hall–Kier alpha value is -2.66. The molecule has 0 aliphatic heterocycles. The van der Waals surface area contributed by atoms with Gasteiger partial charge in [-0.3, -0.25) is 4.79 Å². The molecule has 1 aromatic heterocycles. The quantitative estimate of drug-likeness (QED) is 0.671. The van der Waals surface area contributed by atoms with Crippen molar-refractivity contribution in [1.29, 1.82) is 0 Å². The highest BCUT2D eigenvalue weighted by molar-refractivity contribution is 7.13. The first-order chi connectivity index (χ1) is 12.1. The molecule has 3 rings (SSSR count). The van der Waals surface area contributed by atoms with Crippen molar-refractivity contribution in [3.63, 3.8) is 0 Å². The molecule has 0 aliphatic rings. The number of hydrogen-bond donors (Lipinski definition) is 0. The van der Waals surface area contributed by atoms with Crippen LogP contribution in [0.5, 0.6) is 5.75 Å². The lowest BCUT2D eigenvalue weighted by atomic mass is 10.1. The fourth-order valence-electron chi connectivity index (χ4n) is 2.55. The topological polar surface area (TPSA) is 42.4 Å². The van der Waals surface area contributed by atoms with Crippen LogP contribution >= 0.6 is 11.3 Å². The molecule has 2 aromatic carbocycles. The highest BCUT2D eigenvalue weighted by atomic mass is 32.1. The van der Waals surface area contributed by atoms with Gasteiger partial charge in [0.05, 0.1) is 13.2 Å². The minimum atomic E-state index is -0.0765. The van der Waals surface area contributed by atoms with Crippen LogP contribution in [0.1, 0.15) is 29.0 Å². The van der Waals surface area contributed by atoms with Crippen molar-refractivity contribution in [1.82, 2.24) is 9.88 Å². The van der Waals surface area contributed by atoms with Gasteiger partial charge in [-0.15, -0.1) is 11.3 Å². The normalized spacial score (nSPS) is 11.8. The molecule has 0 bridgehead atoms. The molecule has 0 saturated carbocycles. The fraction of sp³-hybridized carbons (Fsp3) is 0.200. The summed E-state index contributed by atoms with van der Waals surface area (Å²) >= 11 is 1.47. The third-order valence-electron chi connectivity index (χ3n) is 4.24. The van der Waals surface area contributed by atoms with Crippen molar-refractivity contribution >= 4 is 17.2 Å². The van der Waals surface area contributed by atoms with Gasteiger partial charge in [0.25, 0.3) is 5.91 Å². The number of hydrogen-bond acceptors (Lipinski definition) is 4. The molecule has 0 saturated heterocycles. The lowest BCUT2D eigenvalue weighted by molar-refractivity contribution is 0.0737. The number of amides is 1. The first-order valence-electron chi connectivity index (χ1n) is 8.02. The average Bonchev–Trinajstić information content (AvgIpc) is 3.17. The molecule has 4 nitrogen and oxygen atoms in total. The van der Waals surface area contributed by atoms with Crippen LogP contribution in [0.2, 0.25) is 0 Å². The predicted molar refractivity (Wildman–Crippen MR) is 101 cm³/mol. The molecule has 0 radical (unpaired) electrons. The Labute approximate surface area is 151 Å². The first kappa shape index (κ1) is 17.2. The molecule has 1 atom stereocenters. The van der Waals surface area contributed by atoms with Crippen molar-refractivity contribution < 1.29 is 9.53 Å². The van der Waals surface area contributed by atoms with E-state index in [9.17, 15) is 4.79 Å². The highest BCUT2D eigenvalue weighted by Crippen LogP contribution is 2.27. The lowest BCUT2D eigenvalue weighted by Gasteiger charge is -2.24. The van der Waals surface area contributed by atoms with Gasteiger partial charge in [0.2, 0.25) is 0 Å². The minimum Gasteiger partial charge on any atom is -0.497 e. The number of nitrogens with zero attached hydrogens (tertiary/aromatic N) is 2. The largest absolute Gasteiger partial charge is 0.497 e. The maximum atomic E-state index is 12.8. The van der Waals surface area contributed by atoms with Gasteiger partial charge in [0, 0.05) is 18.0 Å². The van der Waals surface area contributed by atoms with Crippen LogP contribution in [0.4, 0.5) is 0 Å². The lowest BCUT2D eigenvalue weighted by Crippen LogP contribution is -2.29. The second-order valence-electron chi connectivity index (χ2n) is 5.77. The number of aromatic nitrogens is 1. The molecule has 0 N–H and O–H groups in total. The van der Waals surface area contributed by atoms with E-state index in [1.165, 1.54) is 11.3 Å². The van der Waals surface area contributed by atoms with Crippen molar-refractivity contribution in [2.45, 2.75) is 13.0 Å². The Kier molecular flexibility index (Phi) is 5.14. The third kappa shape index (κ3) is 3.72. The third-order valence-corrected chi connectivity index (χ3v) is 5.13. The van der Waals surface area contributed by atoms with Gasteiger partial charge in [0.15, 0.2) is 0 Å². The standard InChI is InChI=1S/C20H20N2O2S/c1-14(15-7-5-4-6-8-15)22(2)20(23)18-13-25-19(21-18)16-9-11-17(24-3)12-10-16/h4-14H,1-3H3/t14-/m1/s1. The van der Waals surface area contributed by atoms with Crippen molar-refractivity contribution in [2.75, 3.05) is 14.2 Å². The number of ether oxygens (including phenoxy) is 1. The summed E-state index contributed by atoms with van der Waals surface area (Å²) in [6.07, 6.45) is 0. The van der Waals surface area contributed by atoms with Gasteiger partial charge >= 0.3 is 0 Å². The van der Waals surface area contributed by atoms with E-state index < -0.39 is 0 Å².